The maximum absolute atomic E-state index is 12.6. The van der Waals surface area contributed by atoms with Gasteiger partial charge in [-0.25, -0.2) is 13.1 Å². The zero-order valence-corrected chi connectivity index (χ0v) is 15.0. The van der Waals surface area contributed by atoms with E-state index in [2.05, 4.69) is 9.88 Å². The maximum Gasteiger partial charge on any atom is 0.219 e. The summed E-state index contributed by atoms with van der Waals surface area (Å²) in [7, 11) is -3.61. The van der Waals surface area contributed by atoms with E-state index in [4.69, 9.17) is 4.52 Å². The summed E-state index contributed by atoms with van der Waals surface area (Å²) in [4.78, 5) is 0. The van der Waals surface area contributed by atoms with Gasteiger partial charge in [0.1, 0.15) is 5.75 Å². The number of aromatic nitrogens is 1. The van der Waals surface area contributed by atoms with Crippen LogP contribution >= 0.6 is 0 Å². The minimum absolute atomic E-state index is 0.247. The Morgan fingerprint density at radius 1 is 1.00 bits per heavy atom. The lowest BCUT2D eigenvalue weighted by molar-refractivity contribution is 0.388. The number of hydrogen-bond acceptors (Lipinski definition) is 4. The molecule has 2 aromatic carbocycles. The minimum Gasteiger partial charge on any atom is -0.360 e. The number of nitrogens with one attached hydrogen (secondary N) is 1. The molecule has 0 fully saturated rings. The first-order chi connectivity index (χ1) is 11.9. The van der Waals surface area contributed by atoms with Gasteiger partial charge >= 0.3 is 0 Å². The molecule has 5 nitrogen and oxygen atoms in total. The molecule has 0 aliphatic heterocycles. The van der Waals surface area contributed by atoms with E-state index < -0.39 is 16.1 Å². The Morgan fingerprint density at radius 3 is 2.24 bits per heavy atom. The third-order valence-electron chi connectivity index (χ3n) is 3.85. The summed E-state index contributed by atoms with van der Waals surface area (Å²) in [5.74, 6) is 0.0731. The van der Waals surface area contributed by atoms with Crippen LogP contribution in [0.25, 0.3) is 0 Å². The number of hydrogen-bond donors (Lipinski definition) is 1. The molecule has 0 bridgehead atoms. The van der Waals surface area contributed by atoms with Gasteiger partial charge in [-0.15, -0.1) is 0 Å². The van der Waals surface area contributed by atoms with E-state index in [1.54, 1.807) is 13.0 Å². The van der Waals surface area contributed by atoms with Gasteiger partial charge in [0.25, 0.3) is 0 Å². The van der Waals surface area contributed by atoms with Crippen molar-refractivity contribution in [1.29, 1.82) is 0 Å². The summed E-state index contributed by atoms with van der Waals surface area (Å²) in [6, 6.07) is 18.5. The van der Waals surface area contributed by atoms with Crippen molar-refractivity contribution in [3.63, 3.8) is 0 Å². The first-order valence-electron chi connectivity index (χ1n) is 7.97. The van der Waals surface area contributed by atoms with E-state index in [0.29, 0.717) is 11.5 Å². The fraction of sp³-hybridized carbons (Fsp3) is 0.211. The lowest BCUT2D eigenvalue weighted by Crippen LogP contribution is -2.30. The van der Waals surface area contributed by atoms with Crippen molar-refractivity contribution >= 4 is 10.0 Å². The smallest absolute Gasteiger partial charge is 0.219 e. The zero-order chi connectivity index (χ0) is 17.9. The summed E-state index contributed by atoms with van der Waals surface area (Å²) in [5, 5.41) is 3.74. The molecular formula is C19H20N2O3S. The van der Waals surface area contributed by atoms with Crippen LogP contribution in [0.15, 0.2) is 65.2 Å². The molecule has 0 spiro atoms. The van der Waals surface area contributed by atoms with Crippen LogP contribution in [-0.4, -0.2) is 13.6 Å². The van der Waals surface area contributed by atoms with Gasteiger partial charge in [-0.1, -0.05) is 65.3 Å². The molecule has 130 valence electrons. The monoisotopic (exact) mass is 356 g/mol. The minimum atomic E-state index is -3.61. The molecule has 0 amide bonds. The van der Waals surface area contributed by atoms with Gasteiger partial charge in [0.2, 0.25) is 10.0 Å². The maximum atomic E-state index is 12.6. The molecule has 0 radical (unpaired) electrons. The van der Waals surface area contributed by atoms with E-state index >= 15 is 0 Å². The molecule has 25 heavy (non-hydrogen) atoms. The predicted octanol–water partition coefficient (Wildman–Crippen LogP) is 3.50. The second kappa shape index (κ2) is 7.21. The highest BCUT2D eigenvalue weighted by atomic mass is 32.2. The number of benzene rings is 2. The first-order valence-corrected chi connectivity index (χ1v) is 9.62. The van der Waals surface area contributed by atoms with Crippen molar-refractivity contribution in [3.8, 4) is 0 Å². The van der Waals surface area contributed by atoms with Crippen LogP contribution < -0.4 is 4.72 Å². The van der Waals surface area contributed by atoms with Crippen molar-refractivity contribution in [2.45, 2.75) is 25.6 Å². The summed E-state index contributed by atoms with van der Waals surface area (Å²) in [6.45, 7) is 3.75. The Labute approximate surface area is 147 Å². The van der Waals surface area contributed by atoms with E-state index in [9.17, 15) is 8.42 Å². The second-order valence-corrected chi connectivity index (χ2v) is 7.82. The Morgan fingerprint density at radius 2 is 1.64 bits per heavy atom. The van der Waals surface area contributed by atoms with Gasteiger partial charge in [-0.05, 0) is 25.0 Å². The van der Waals surface area contributed by atoms with Gasteiger partial charge in [0, 0.05) is 6.07 Å². The van der Waals surface area contributed by atoms with Gasteiger partial charge in [0.05, 0.1) is 11.7 Å². The van der Waals surface area contributed by atoms with Crippen molar-refractivity contribution in [2.75, 3.05) is 0 Å². The summed E-state index contributed by atoms with van der Waals surface area (Å²) in [6.07, 6.45) is 0. The first kappa shape index (κ1) is 17.4. The van der Waals surface area contributed by atoms with E-state index in [1.807, 2.05) is 61.5 Å². The molecule has 0 aliphatic carbocycles. The van der Waals surface area contributed by atoms with Gasteiger partial charge in [0.15, 0.2) is 5.76 Å². The van der Waals surface area contributed by atoms with Crippen LogP contribution in [0.2, 0.25) is 0 Å². The molecule has 0 saturated heterocycles. The Kier molecular flexibility index (Phi) is 5.01. The van der Waals surface area contributed by atoms with Crippen molar-refractivity contribution < 1.29 is 12.9 Å². The van der Waals surface area contributed by atoms with Crippen molar-refractivity contribution in [2.24, 2.45) is 0 Å². The Hall–Kier alpha value is -2.44. The largest absolute Gasteiger partial charge is 0.360 e. The van der Waals surface area contributed by atoms with Crippen molar-refractivity contribution in [1.82, 2.24) is 9.88 Å². The van der Waals surface area contributed by atoms with Gasteiger partial charge < -0.3 is 4.52 Å². The SMILES string of the molecule is Cc1ccc([C@@H](NS(=O)(=O)Cc2cc(C)no2)c2ccccc2)cc1. The van der Waals surface area contributed by atoms with Crippen LogP contribution in [0.5, 0.6) is 0 Å². The molecule has 1 N–H and O–H groups in total. The predicted molar refractivity (Wildman–Crippen MR) is 96.5 cm³/mol. The normalized spacial score (nSPS) is 12.9. The number of nitrogens with zero attached hydrogens (tertiary/aromatic N) is 1. The summed E-state index contributed by atoms with van der Waals surface area (Å²) in [5.41, 5.74) is 3.54. The van der Waals surface area contributed by atoms with Crippen LogP contribution in [0, 0.1) is 13.8 Å². The fourth-order valence-electron chi connectivity index (χ4n) is 2.63. The molecule has 3 aromatic rings. The molecule has 0 aliphatic rings. The standard InChI is InChI=1S/C19H20N2O3S/c1-14-8-10-17(11-9-14)19(16-6-4-3-5-7-16)21-25(22,23)13-18-12-15(2)20-24-18/h3-12,19,21H,13H2,1-2H3/t19-/m0/s1. The zero-order valence-electron chi connectivity index (χ0n) is 14.1. The lowest BCUT2D eigenvalue weighted by Gasteiger charge is -2.19. The van der Waals surface area contributed by atoms with Crippen LogP contribution in [0.3, 0.4) is 0 Å². The van der Waals surface area contributed by atoms with E-state index in [0.717, 1.165) is 16.7 Å². The molecule has 3 rings (SSSR count). The fourth-order valence-corrected chi connectivity index (χ4v) is 3.85. The molecule has 0 unspecified atom stereocenters. The topological polar surface area (TPSA) is 72.2 Å². The third-order valence-corrected chi connectivity index (χ3v) is 5.11. The molecule has 0 saturated carbocycles. The lowest BCUT2D eigenvalue weighted by atomic mass is 9.99. The summed E-state index contributed by atoms with van der Waals surface area (Å²) >= 11 is 0. The average molecular weight is 356 g/mol. The highest BCUT2D eigenvalue weighted by Gasteiger charge is 2.23. The highest BCUT2D eigenvalue weighted by Crippen LogP contribution is 2.24. The van der Waals surface area contributed by atoms with Gasteiger partial charge in [-0.2, -0.15) is 0 Å². The third kappa shape index (κ3) is 4.55. The molecular weight excluding hydrogens is 336 g/mol. The van der Waals surface area contributed by atoms with E-state index in [-0.39, 0.29) is 5.75 Å². The van der Waals surface area contributed by atoms with Crippen LogP contribution in [0.4, 0.5) is 0 Å². The summed E-state index contributed by atoms with van der Waals surface area (Å²) < 4.78 is 33.1. The second-order valence-electron chi connectivity index (χ2n) is 6.07. The average Bonchev–Trinajstić information content (AvgIpc) is 2.98. The molecule has 6 heteroatoms. The van der Waals surface area contributed by atoms with Crippen molar-refractivity contribution in [3.05, 3.63) is 88.8 Å². The Balaban J connectivity index is 1.90. The number of sulfonamides is 1. The molecule has 1 aromatic heterocycles. The molecule has 1 heterocycles. The highest BCUT2D eigenvalue weighted by molar-refractivity contribution is 7.88. The van der Waals surface area contributed by atoms with Crippen LogP contribution in [-0.2, 0) is 15.8 Å². The Bertz CT molecular complexity index is 932. The molecule has 1 atom stereocenters. The number of rotatable bonds is 6. The van der Waals surface area contributed by atoms with Gasteiger partial charge in [-0.3, -0.25) is 0 Å². The number of aryl methyl sites for hydroxylation is 2. The quantitative estimate of drug-likeness (QED) is 0.734. The van der Waals surface area contributed by atoms with Crippen LogP contribution in [0.1, 0.15) is 34.2 Å². The van der Waals surface area contributed by atoms with E-state index in [1.165, 1.54) is 0 Å².